The fourth-order valence-electron chi connectivity index (χ4n) is 2.99. The Morgan fingerprint density at radius 2 is 2.11 bits per heavy atom. The zero-order valence-corrected chi connectivity index (χ0v) is 16.0. The largest absolute Gasteiger partial charge is 0.410 e. The molecule has 2 heterocycles. The van der Waals surface area contributed by atoms with Gasteiger partial charge in [0.2, 0.25) is 0 Å². The van der Waals surface area contributed by atoms with Gasteiger partial charge in [-0.15, -0.1) is 0 Å². The van der Waals surface area contributed by atoms with Crippen molar-refractivity contribution in [1.29, 1.82) is 0 Å². The number of rotatable bonds is 5. The first kappa shape index (κ1) is 19.7. The number of carbonyl (C=O) groups is 1. The predicted octanol–water partition coefficient (Wildman–Crippen LogP) is 3.68. The number of halogens is 4. The minimum atomic E-state index is -4.50. The molecule has 6 nitrogen and oxygen atoms in total. The summed E-state index contributed by atoms with van der Waals surface area (Å²) >= 11 is 3.24. The Morgan fingerprint density at radius 3 is 2.74 bits per heavy atom. The maximum absolute atomic E-state index is 13.7. The van der Waals surface area contributed by atoms with Crippen LogP contribution in [-0.4, -0.2) is 42.1 Å². The summed E-state index contributed by atoms with van der Waals surface area (Å²) in [6.45, 7) is 0.517. The number of nitrogens with zero attached hydrogens (tertiary/aromatic N) is 2. The van der Waals surface area contributed by atoms with E-state index in [1.807, 2.05) is 0 Å². The number of benzene rings is 1. The van der Waals surface area contributed by atoms with Crippen LogP contribution < -0.4 is 10.6 Å². The third-order valence-corrected chi connectivity index (χ3v) is 5.06. The normalized spacial score (nSPS) is 19.3. The second-order valence-corrected chi connectivity index (χ2v) is 6.90. The molecule has 2 N–H and O–H groups in total. The summed E-state index contributed by atoms with van der Waals surface area (Å²) in [7, 11) is 1.49. The zero-order chi connectivity index (χ0) is 19.6. The lowest BCUT2D eigenvalue weighted by molar-refractivity contribution is -0.173. The van der Waals surface area contributed by atoms with E-state index >= 15 is 0 Å². The van der Waals surface area contributed by atoms with Gasteiger partial charge in [-0.1, -0.05) is 30.3 Å². The van der Waals surface area contributed by atoms with E-state index in [4.69, 9.17) is 4.74 Å². The lowest BCUT2D eigenvalue weighted by Gasteiger charge is -2.33. The molecule has 0 fully saturated rings. The molecule has 146 valence electrons. The van der Waals surface area contributed by atoms with E-state index in [9.17, 15) is 18.0 Å². The second-order valence-electron chi connectivity index (χ2n) is 6.11. The summed E-state index contributed by atoms with van der Waals surface area (Å²) in [5.74, 6) is -0.436. The van der Waals surface area contributed by atoms with Crippen molar-refractivity contribution in [3.63, 3.8) is 0 Å². The molecule has 1 aromatic heterocycles. The number of hydrogen-bond donors (Lipinski definition) is 2. The molecule has 0 radical (unpaired) electrons. The molecule has 1 aromatic carbocycles. The number of anilines is 1. The van der Waals surface area contributed by atoms with E-state index in [0.717, 1.165) is 10.2 Å². The lowest BCUT2D eigenvalue weighted by Crippen LogP contribution is -2.36. The highest BCUT2D eigenvalue weighted by molar-refractivity contribution is 9.10. The van der Waals surface area contributed by atoms with Crippen LogP contribution in [-0.2, 0) is 4.74 Å². The van der Waals surface area contributed by atoms with Crippen LogP contribution in [0.25, 0.3) is 0 Å². The van der Waals surface area contributed by atoms with Gasteiger partial charge < -0.3 is 15.4 Å². The molecule has 0 spiro atoms. The van der Waals surface area contributed by atoms with Crippen molar-refractivity contribution in [2.75, 3.05) is 25.6 Å². The van der Waals surface area contributed by atoms with E-state index in [2.05, 4.69) is 31.7 Å². The summed E-state index contributed by atoms with van der Waals surface area (Å²) < 4.78 is 46.9. The van der Waals surface area contributed by atoms with Gasteiger partial charge in [-0.2, -0.15) is 18.3 Å². The molecule has 1 aliphatic rings. The van der Waals surface area contributed by atoms with Gasteiger partial charge in [0.05, 0.1) is 17.1 Å². The average Bonchev–Trinajstić information content (AvgIpc) is 2.98. The number of fused-ring (bicyclic) bond motifs is 1. The Balaban J connectivity index is 1.96. The van der Waals surface area contributed by atoms with E-state index in [-0.39, 0.29) is 35.6 Å². The van der Waals surface area contributed by atoms with Crippen LogP contribution in [0.2, 0.25) is 0 Å². The fourth-order valence-corrected chi connectivity index (χ4v) is 3.54. The highest BCUT2D eigenvalue weighted by Crippen LogP contribution is 2.46. The van der Waals surface area contributed by atoms with Crippen LogP contribution in [0.1, 0.15) is 34.6 Å². The van der Waals surface area contributed by atoms with Crippen LogP contribution >= 0.6 is 15.9 Å². The van der Waals surface area contributed by atoms with E-state index in [1.54, 1.807) is 30.3 Å². The number of aromatic nitrogens is 2. The molecule has 0 unspecified atom stereocenters. The Hall–Kier alpha value is -2.07. The van der Waals surface area contributed by atoms with Crippen LogP contribution in [0.4, 0.5) is 19.0 Å². The number of alkyl halides is 3. The van der Waals surface area contributed by atoms with Gasteiger partial charge in [0.1, 0.15) is 5.82 Å². The number of ether oxygens (including phenoxy) is 1. The molecule has 1 aliphatic heterocycles. The molecule has 2 atom stereocenters. The van der Waals surface area contributed by atoms with Gasteiger partial charge >= 0.3 is 6.18 Å². The lowest BCUT2D eigenvalue weighted by atomic mass is 9.97. The van der Waals surface area contributed by atoms with Crippen molar-refractivity contribution >= 4 is 27.7 Å². The monoisotopic (exact) mass is 446 g/mol. The maximum atomic E-state index is 13.7. The Labute approximate surface area is 162 Å². The van der Waals surface area contributed by atoms with Crippen molar-refractivity contribution in [3.05, 3.63) is 46.1 Å². The SMILES string of the molecule is COCCNC(=O)c1nn2c(c1Br)N[C@H](c1ccccc1)C[C@@H]2C(F)(F)F. The molecular weight excluding hydrogens is 429 g/mol. The van der Waals surface area contributed by atoms with Crippen LogP contribution in [0.5, 0.6) is 0 Å². The highest BCUT2D eigenvalue weighted by Gasteiger charge is 2.47. The molecule has 27 heavy (non-hydrogen) atoms. The first-order valence-corrected chi connectivity index (χ1v) is 9.05. The van der Waals surface area contributed by atoms with E-state index < -0.39 is 24.2 Å². The Morgan fingerprint density at radius 1 is 1.41 bits per heavy atom. The van der Waals surface area contributed by atoms with E-state index in [1.165, 1.54) is 7.11 Å². The Kier molecular flexibility index (Phi) is 5.75. The minimum absolute atomic E-state index is 0.100. The first-order valence-electron chi connectivity index (χ1n) is 8.26. The molecule has 0 aliphatic carbocycles. The Bertz CT molecular complexity index is 811. The predicted molar refractivity (Wildman–Crippen MR) is 96.7 cm³/mol. The van der Waals surface area contributed by atoms with Gasteiger partial charge in [0, 0.05) is 20.1 Å². The smallest absolute Gasteiger partial charge is 0.383 e. The summed E-state index contributed by atoms with van der Waals surface area (Å²) in [6.07, 6.45) is -4.72. The summed E-state index contributed by atoms with van der Waals surface area (Å²) in [5, 5.41) is 9.58. The second kappa shape index (κ2) is 7.89. The molecule has 3 rings (SSSR count). The minimum Gasteiger partial charge on any atom is -0.383 e. The summed E-state index contributed by atoms with van der Waals surface area (Å²) in [6, 6.07) is 6.49. The molecule has 0 saturated heterocycles. The van der Waals surface area contributed by atoms with Gasteiger partial charge in [0.15, 0.2) is 11.7 Å². The standard InChI is InChI=1S/C17H18BrF3N4O2/c1-27-8-7-22-16(26)14-13(18)15-23-11(10-5-3-2-4-6-10)9-12(17(19,20)21)25(15)24-14/h2-6,11-12,23H,7-9H2,1H3,(H,22,26)/t11-,12+/m0/s1. The van der Waals surface area contributed by atoms with Crippen LogP contribution in [0.3, 0.4) is 0 Å². The number of carbonyl (C=O) groups excluding carboxylic acids is 1. The van der Waals surface area contributed by atoms with Crippen molar-refractivity contribution in [1.82, 2.24) is 15.1 Å². The molecular formula is C17H18BrF3N4O2. The number of hydrogen-bond acceptors (Lipinski definition) is 4. The third-order valence-electron chi connectivity index (χ3n) is 4.30. The van der Waals surface area contributed by atoms with Gasteiger partial charge in [0.25, 0.3) is 5.91 Å². The van der Waals surface area contributed by atoms with Crippen LogP contribution in [0, 0.1) is 0 Å². The topological polar surface area (TPSA) is 68.2 Å². The molecule has 0 saturated carbocycles. The van der Waals surface area contributed by atoms with Crippen LogP contribution in [0.15, 0.2) is 34.8 Å². The molecule has 1 amide bonds. The third kappa shape index (κ3) is 4.11. The number of nitrogens with one attached hydrogen (secondary N) is 2. The number of amides is 1. The molecule has 0 bridgehead atoms. The van der Waals surface area contributed by atoms with Crippen molar-refractivity contribution in [2.45, 2.75) is 24.7 Å². The van der Waals surface area contributed by atoms with Crippen molar-refractivity contribution in [3.8, 4) is 0 Å². The highest BCUT2D eigenvalue weighted by atomic mass is 79.9. The fraction of sp³-hybridized carbons (Fsp3) is 0.412. The molecule has 2 aromatic rings. The van der Waals surface area contributed by atoms with Gasteiger partial charge in [-0.25, -0.2) is 4.68 Å². The summed E-state index contributed by atoms with van der Waals surface area (Å²) in [5.41, 5.74) is 0.633. The number of methoxy groups -OCH3 is 1. The van der Waals surface area contributed by atoms with E-state index in [0.29, 0.717) is 0 Å². The summed E-state index contributed by atoms with van der Waals surface area (Å²) in [4.78, 5) is 12.3. The van der Waals surface area contributed by atoms with Gasteiger partial charge in [-0.3, -0.25) is 4.79 Å². The van der Waals surface area contributed by atoms with Crippen molar-refractivity contribution < 1.29 is 22.7 Å². The quantitative estimate of drug-likeness (QED) is 0.687. The first-order chi connectivity index (χ1) is 12.8. The molecule has 10 heteroatoms. The van der Waals surface area contributed by atoms with Gasteiger partial charge in [-0.05, 0) is 21.5 Å². The maximum Gasteiger partial charge on any atom is 0.410 e. The van der Waals surface area contributed by atoms with Crippen molar-refractivity contribution in [2.24, 2.45) is 0 Å². The zero-order valence-electron chi connectivity index (χ0n) is 14.4. The average molecular weight is 447 g/mol.